The van der Waals surface area contributed by atoms with Crippen molar-refractivity contribution in [3.8, 4) is 0 Å². The van der Waals surface area contributed by atoms with E-state index in [4.69, 9.17) is 17.1 Å². The minimum Gasteiger partial charge on any atom is -0.287 e. The molecule has 5 nitrogen and oxygen atoms in total. The van der Waals surface area contributed by atoms with Gasteiger partial charge in [0.05, 0.1) is 10.6 Å². The van der Waals surface area contributed by atoms with Gasteiger partial charge in [0.1, 0.15) is 5.82 Å². The van der Waals surface area contributed by atoms with Gasteiger partial charge in [-0.3, -0.25) is 9.59 Å². The van der Waals surface area contributed by atoms with Crippen LogP contribution in [0.4, 0.5) is 4.39 Å². The predicted octanol–water partition coefficient (Wildman–Crippen LogP) is 5.23. The highest BCUT2D eigenvalue weighted by molar-refractivity contribution is 8.13. The molecule has 0 N–H and O–H groups in total. The molecule has 22 heavy (non-hydrogen) atoms. The molecule has 0 aromatic heterocycles. The third kappa shape index (κ3) is 4.47. The minimum absolute atomic E-state index is 0.0321. The van der Waals surface area contributed by atoms with Crippen LogP contribution in [0.3, 0.4) is 0 Å². The summed E-state index contributed by atoms with van der Waals surface area (Å²) in [5.41, 5.74) is 7.84. The zero-order chi connectivity index (χ0) is 16.9. The molecule has 0 aliphatic heterocycles. The van der Waals surface area contributed by atoms with Gasteiger partial charge in [-0.05, 0) is 28.7 Å². The van der Waals surface area contributed by atoms with E-state index in [1.54, 1.807) is 0 Å². The summed E-state index contributed by atoms with van der Waals surface area (Å²) in [5, 5.41) is 2.76. The number of azide groups is 1. The van der Waals surface area contributed by atoms with Gasteiger partial charge < -0.3 is 0 Å². The second kappa shape index (κ2) is 8.17. The number of amides is 1. The summed E-state index contributed by atoms with van der Waals surface area (Å²) in [5.74, 6) is -1.95. The summed E-state index contributed by atoms with van der Waals surface area (Å²) in [6, 6.07) is 2.08. The van der Waals surface area contributed by atoms with E-state index in [-0.39, 0.29) is 26.9 Å². The molecule has 0 bridgehead atoms. The monoisotopic (exact) mass is 343 g/mol. The largest absolute Gasteiger partial charge is 0.287 e. The van der Waals surface area contributed by atoms with Gasteiger partial charge in [0.15, 0.2) is 5.12 Å². The molecule has 0 aliphatic carbocycles. The van der Waals surface area contributed by atoms with Crippen LogP contribution in [0.1, 0.15) is 37.6 Å². The van der Waals surface area contributed by atoms with Crippen LogP contribution >= 0.6 is 23.4 Å². The zero-order valence-electron chi connectivity index (χ0n) is 12.3. The van der Waals surface area contributed by atoms with E-state index in [0.717, 1.165) is 30.3 Å². The number of carbonyl (C=O) groups is 2. The molecule has 0 aliphatic rings. The fraction of sp³-hybridized carbons (Fsp3) is 0.429. The van der Waals surface area contributed by atoms with E-state index in [1.807, 2.05) is 20.8 Å². The van der Waals surface area contributed by atoms with Gasteiger partial charge in [0.2, 0.25) is 0 Å². The SMILES string of the molecule is CCC(C)C(C)C(=O)Sc1cc(C(=O)N=[N+]=[N-])c(F)cc1Cl. The fourth-order valence-corrected chi connectivity index (χ4v) is 2.89. The molecule has 1 rings (SSSR count). The minimum atomic E-state index is -1.05. The summed E-state index contributed by atoms with van der Waals surface area (Å²) in [6.45, 7) is 5.76. The van der Waals surface area contributed by atoms with Crippen molar-refractivity contribution in [2.24, 2.45) is 17.0 Å². The second-order valence-corrected chi connectivity index (χ2v) is 6.31. The molecule has 1 amide bonds. The molecule has 1 aromatic carbocycles. The van der Waals surface area contributed by atoms with Crippen molar-refractivity contribution < 1.29 is 14.0 Å². The number of hydrogen-bond acceptors (Lipinski definition) is 3. The Morgan fingerprint density at radius 2 is 2.09 bits per heavy atom. The molecule has 0 saturated heterocycles. The Balaban J connectivity index is 3.10. The van der Waals surface area contributed by atoms with E-state index in [0.29, 0.717) is 0 Å². The second-order valence-electron chi connectivity index (χ2n) is 4.85. The van der Waals surface area contributed by atoms with Gasteiger partial charge in [-0.2, -0.15) is 0 Å². The Kier molecular flexibility index (Phi) is 6.87. The van der Waals surface area contributed by atoms with E-state index in [9.17, 15) is 14.0 Å². The average molecular weight is 344 g/mol. The molecular weight excluding hydrogens is 329 g/mol. The van der Waals surface area contributed by atoms with Crippen molar-refractivity contribution in [3.05, 3.63) is 39.0 Å². The van der Waals surface area contributed by atoms with Gasteiger partial charge in [-0.1, -0.05) is 50.6 Å². The third-order valence-electron chi connectivity index (χ3n) is 3.47. The molecule has 8 heteroatoms. The Labute approximate surface area is 136 Å². The maximum atomic E-state index is 13.7. The number of rotatable bonds is 5. The van der Waals surface area contributed by atoms with Crippen molar-refractivity contribution in [1.29, 1.82) is 0 Å². The summed E-state index contributed by atoms with van der Waals surface area (Å²) in [4.78, 5) is 26.3. The summed E-state index contributed by atoms with van der Waals surface area (Å²) >= 11 is 6.77. The number of hydrogen-bond donors (Lipinski definition) is 0. The lowest BCUT2D eigenvalue weighted by molar-refractivity contribution is -0.115. The molecule has 2 atom stereocenters. The maximum Gasteiger partial charge on any atom is 0.252 e. The van der Waals surface area contributed by atoms with Crippen molar-refractivity contribution in [2.45, 2.75) is 32.1 Å². The third-order valence-corrected chi connectivity index (χ3v) is 5.02. The smallest absolute Gasteiger partial charge is 0.252 e. The van der Waals surface area contributed by atoms with Crippen LogP contribution in [-0.4, -0.2) is 11.0 Å². The van der Waals surface area contributed by atoms with Gasteiger partial charge in [0, 0.05) is 15.7 Å². The van der Waals surface area contributed by atoms with Gasteiger partial charge >= 0.3 is 0 Å². The first-order valence-electron chi connectivity index (χ1n) is 6.61. The van der Waals surface area contributed by atoms with E-state index < -0.39 is 17.3 Å². The van der Waals surface area contributed by atoms with Crippen LogP contribution in [-0.2, 0) is 4.79 Å². The highest BCUT2D eigenvalue weighted by Gasteiger charge is 2.22. The van der Waals surface area contributed by atoms with E-state index in [1.165, 1.54) is 0 Å². The highest BCUT2D eigenvalue weighted by Crippen LogP contribution is 2.34. The summed E-state index contributed by atoms with van der Waals surface area (Å²) < 4.78 is 13.7. The Bertz CT molecular complexity index is 647. The van der Waals surface area contributed by atoms with Crippen LogP contribution in [0.25, 0.3) is 10.4 Å². The first kappa shape index (κ1) is 18.5. The van der Waals surface area contributed by atoms with E-state index in [2.05, 4.69) is 10.0 Å². The molecule has 0 saturated carbocycles. The van der Waals surface area contributed by atoms with Gasteiger partial charge in [0.25, 0.3) is 5.91 Å². The molecule has 1 aromatic rings. The fourth-order valence-electron chi connectivity index (χ4n) is 1.65. The maximum absolute atomic E-state index is 13.7. The lowest BCUT2D eigenvalue weighted by Gasteiger charge is -2.16. The molecule has 2 unspecified atom stereocenters. The molecule has 0 fully saturated rings. The molecular formula is C14H15ClFN3O2S. The van der Waals surface area contributed by atoms with Crippen molar-refractivity contribution >= 4 is 34.4 Å². The Hall–Kier alpha value is -1.56. The van der Waals surface area contributed by atoms with E-state index >= 15 is 0 Å². The molecule has 0 spiro atoms. The first-order chi connectivity index (χ1) is 10.3. The topological polar surface area (TPSA) is 82.9 Å². The van der Waals surface area contributed by atoms with Crippen LogP contribution in [0.15, 0.2) is 22.1 Å². The number of benzene rings is 1. The Morgan fingerprint density at radius 1 is 1.45 bits per heavy atom. The standard InChI is InChI=1S/C14H15ClFN3O2S/c1-4-7(2)8(3)14(21)22-12-5-9(13(20)18-19-17)11(16)6-10(12)15/h5-8H,4H2,1-3H3. The number of halogens is 2. The number of nitrogens with zero attached hydrogens (tertiary/aromatic N) is 3. The van der Waals surface area contributed by atoms with Crippen LogP contribution < -0.4 is 0 Å². The summed E-state index contributed by atoms with van der Waals surface area (Å²) in [6.07, 6.45) is 0.852. The quantitative estimate of drug-likeness (QED) is 0.317. The van der Waals surface area contributed by atoms with Gasteiger partial charge in [-0.15, -0.1) is 0 Å². The number of carbonyl (C=O) groups excluding carboxylic acids is 2. The lowest BCUT2D eigenvalue weighted by atomic mass is 9.95. The Morgan fingerprint density at radius 3 is 2.64 bits per heavy atom. The van der Waals surface area contributed by atoms with Crippen molar-refractivity contribution in [2.75, 3.05) is 0 Å². The van der Waals surface area contributed by atoms with Crippen LogP contribution in [0.2, 0.25) is 5.02 Å². The normalized spacial score (nSPS) is 13.1. The van der Waals surface area contributed by atoms with Gasteiger partial charge in [-0.25, -0.2) is 4.39 Å². The van der Waals surface area contributed by atoms with Crippen LogP contribution in [0, 0.1) is 17.7 Å². The molecule has 118 valence electrons. The average Bonchev–Trinajstić information content (AvgIpc) is 2.48. The van der Waals surface area contributed by atoms with Crippen molar-refractivity contribution in [3.63, 3.8) is 0 Å². The number of thioether (sulfide) groups is 1. The lowest BCUT2D eigenvalue weighted by Crippen LogP contribution is -2.15. The molecule has 0 radical (unpaired) electrons. The van der Waals surface area contributed by atoms with Crippen LogP contribution in [0.5, 0.6) is 0 Å². The summed E-state index contributed by atoms with van der Waals surface area (Å²) in [7, 11) is 0. The highest BCUT2D eigenvalue weighted by atomic mass is 35.5. The van der Waals surface area contributed by atoms with Crippen molar-refractivity contribution in [1.82, 2.24) is 0 Å². The predicted molar refractivity (Wildman–Crippen MR) is 84.4 cm³/mol. The molecule has 0 heterocycles. The first-order valence-corrected chi connectivity index (χ1v) is 7.81. The zero-order valence-corrected chi connectivity index (χ0v) is 13.9.